The van der Waals surface area contributed by atoms with Crippen LogP contribution >= 0.6 is 0 Å². The number of fused-ring (bicyclic) bond motifs is 1. The van der Waals surface area contributed by atoms with E-state index in [9.17, 15) is 4.79 Å². The van der Waals surface area contributed by atoms with Crippen molar-refractivity contribution in [3.8, 4) is 11.3 Å². The number of carbonyl (C=O) groups is 1. The highest BCUT2D eigenvalue weighted by atomic mass is 28.3. The fourth-order valence-electron chi connectivity index (χ4n) is 4.06. The molecule has 7 nitrogen and oxygen atoms in total. The Hall–Kier alpha value is -2.81. The summed E-state index contributed by atoms with van der Waals surface area (Å²) in [4.78, 5) is 21.4. The van der Waals surface area contributed by atoms with Crippen molar-refractivity contribution in [2.45, 2.75) is 58.3 Å². The van der Waals surface area contributed by atoms with E-state index in [1.807, 2.05) is 24.3 Å². The average Bonchev–Trinajstić information content (AvgIpc) is 3.44. The molecule has 0 spiro atoms. The van der Waals surface area contributed by atoms with Crippen molar-refractivity contribution < 1.29 is 14.3 Å². The van der Waals surface area contributed by atoms with Crippen LogP contribution in [0.25, 0.3) is 22.3 Å². The van der Waals surface area contributed by atoms with Gasteiger partial charge in [-0.15, -0.1) is 0 Å². The van der Waals surface area contributed by atoms with Crippen LogP contribution in [0.4, 0.5) is 5.69 Å². The van der Waals surface area contributed by atoms with Crippen molar-refractivity contribution >= 4 is 30.7 Å². The summed E-state index contributed by atoms with van der Waals surface area (Å²) in [5.74, 6) is -0.202. The molecule has 1 atom stereocenters. The van der Waals surface area contributed by atoms with Gasteiger partial charge >= 0.3 is 0 Å². The third-order valence-electron chi connectivity index (χ3n) is 5.97. The lowest BCUT2D eigenvalue weighted by Gasteiger charge is -2.15. The van der Waals surface area contributed by atoms with Crippen molar-refractivity contribution in [3.05, 3.63) is 54.5 Å². The Morgan fingerprint density at radius 1 is 1.32 bits per heavy atom. The number of amides is 1. The van der Waals surface area contributed by atoms with Gasteiger partial charge in [0.05, 0.1) is 17.2 Å². The van der Waals surface area contributed by atoms with Crippen LogP contribution in [-0.2, 0) is 21.0 Å². The van der Waals surface area contributed by atoms with Gasteiger partial charge in [0, 0.05) is 49.9 Å². The molecule has 1 aromatic carbocycles. The molecule has 1 aliphatic heterocycles. The Kier molecular flexibility index (Phi) is 7.30. The Labute approximate surface area is 202 Å². The quantitative estimate of drug-likeness (QED) is 0.240. The first-order chi connectivity index (χ1) is 16.2. The normalized spacial score (nSPS) is 16.2. The Balaban J connectivity index is 1.71. The lowest BCUT2D eigenvalue weighted by Crippen LogP contribution is -2.22. The second-order valence-corrected chi connectivity index (χ2v) is 15.8. The number of rotatable bonds is 9. The van der Waals surface area contributed by atoms with Crippen LogP contribution in [0.3, 0.4) is 0 Å². The highest BCUT2D eigenvalue weighted by molar-refractivity contribution is 6.76. The van der Waals surface area contributed by atoms with Crippen LogP contribution in [0.5, 0.6) is 0 Å². The molecule has 8 heteroatoms. The summed E-state index contributed by atoms with van der Waals surface area (Å²) in [5, 5.41) is 3.87. The van der Waals surface area contributed by atoms with E-state index in [0.29, 0.717) is 18.0 Å². The molecule has 2 aromatic heterocycles. The molecule has 0 radical (unpaired) electrons. The SMILES string of the molecule is C=C(C)C(=O)Nc1cccc(-c2ncnc3c2c(C2CCCO2)cn3COCC[Si](C)(C)C)c1. The van der Waals surface area contributed by atoms with Gasteiger partial charge in [-0.05, 0) is 37.9 Å². The molecule has 0 aliphatic carbocycles. The number of anilines is 1. The minimum atomic E-state index is -1.16. The van der Waals surface area contributed by atoms with E-state index >= 15 is 0 Å². The summed E-state index contributed by atoms with van der Waals surface area (Å²) in [7, 11) is -1.16. The van der Waals surface area contributed by atoms with E-state index in [1.165, 1.54) is 0 Å². The molecule has 1 unspecified atom stereocenters. The van der Waals surface area contributed by atoms with Crippen LogP contribution < -0.4 is 5.32 Å². The lowest BCUT2D eigenvalue weighted by atomic mass is 10.0. The topological polar surface area (TPSA) is 78.3 Å². The zero-order valence-electron chi connectivity index (χ0n) is 20.6. The standard InChI is InChI=1S/C26H34N4O3Si/c1-18(2)26(31)29-20-9-6-8-19(14-20)24-23-21(22-10-7-11-33-22)15-30(25(23)28-16-27-24)17-32-12-13-34(3,4)5/h6,8-9,14-16,22H,1,7,10-13,17H2,2-5H3,(H,29,31). The van der Waals surface area contributed by atoms with E-state index in [2.05, 4.69) is 52.3 Å². The second kappa shape index (κ2) is 10.2. The molecule has 1 amide bonds. The molecule has 1 saturated heterocycles. The van der Waals surface area contributed by atoms with Gasteiger partial charge in [-0.25, -0.2) is 9.97 Å². The number of carbonyl (C=O) groups excluding carboxylic acids is 1. The van der Waals surface area contributed by atoms with Crippen molar-refractivity contribution in [1.29, 1.82) is 0 Å². The molecule has 180 valence electrons. The summed E-state index contributed by atoms with van der Waals surface area (Å²) in [6.45, 7) is 14.4. The molecule has 1 aliphatic rings. The largest absolute Gasteiger partial charge is 0.373 e. The number of aromatic nitrogens is 3. The number of benzene rings is 1. The van der Waals surface area contributed by atoms with E-state index < -0.39 is 8.07 Å². The molecular formula is C26H34N4O3Si. The summed E-state index contributed by atoms with van der Waals surface area (Å²) in [6.07, 6.45) is 5.73. The van der Waals surface area contributed by atoms with E-state index in [1.54, 1.807) is 13.3 Å². The smallest absolute Gasteiger partial charge is 0.250 e. The maximum absolute atomic E-state index is 12.1. The number of ether oxygens (including phenoxy) is 2. The van der Waals surface area contributed by atoms with E-state index in [-0.39, 0.29) is 12.0 Å². The van der Waals surface area contributed by atoms with Gasteiger partial charge in [-0.3, -0.25) is 4.79 Å². The maximum Gasteiger partial charge on any atom is 0.250 e. The van der Waals surface area contributed by atoms with Crippen molar-refractivity contribution in [1.82, 2.24) is 14.5 Å². The van der Waals surface area contributed by atoms with Gasteiger partial charge in [0.15, 0.2) is 0 Å². The van der Waals surface area contributed by atoms with Gasteiger partial charge in [-0.2, -0.15) is 0 Å². The summed E-state index contributed by atoms with van der Waals surface area (Å²) < 4.78 is 14.2. The van der Waals surface area contributed by atoms with Crippen molar-refractivity contribution in [2.24, 2.45) is 0 Å². The Morgan fingerprint density at radius 3 is 2.85 bits per heavy atom. The third-order valence-corrected chi connectivity index (χ3v) is 7.67. The highest BCUT2D eigenvalue weighted by Gasteiger charge is 2.26. The van der Waals surface area contributed by atoms with Gasteiger partial charge in [0.1, 0.15) is 18.7 Å². The van der Waals surface area contributed by atoms with Crippen LogP contribution in [0.2, 0.25) is 25.7 Å². The first kappa shape index (κ1) is 24.3. The fourth-order valence-corrected chi connectivity index (χ4v) is 4.82. The Bertz CT molecular complexity index is 1190. The number of nitrogens with zero attached hydrogens (tertiary/aromatic N) is 3. The molecule has 0 bridgehead atoms. The summed E-state index contributed by atoms with van der Waals surface area (Å²) >= 11 is 0. The van der Waals surface area contributed by atoms with E-state index in [0.717, 1.165) is 60.0 Å². The predicted molar refractivity (Wildman–Crippen MR) is 138 cm³/mol. The first-order valence-electron chi connectivity index (χ1n) is 11.8. The molecule has 4 rings (SSSR count). The number of hydrogen-bond acceptors (Lipinski definition) is 5. The van der Waals surface area contributed by atoms with Gasteiger partial charge in [0.25, 0.3) is 5.91 Å². The summed E-state index contributed by atoms with van der Waals surface area (Å²) in [6, 6.07) is 8.83. The fraction of sp³-hybridized carbons (Fsp3) is 0.423. The molecule has 1 N–H and O–H groups in total. The monoisotopic (exact) mass is 478 g/mol. The molecule has 3 aromatic rings. The van der Waals surface area contributed by atoms with Gasteiger partial charge in [-0.1, -0.05) is 38.4 Å². The molecule has 34 heavy (non-hydrogen) atoms. The van der Waals surface area contributed by atoms with Crippen LogP contribution in [-0.4, -0.2) is 41.7 Å². The van der Waals surface area contributed by atoms with Crippen molar-refractivity contribution in [3.63, 3.8) is 0 Å². The maximum atomic E-state index is 12.1. The zero-order valence-corrected chi connectivity index (χ0v) is 21.6. The zero-order chi connectivity index (χ0) is 24.3. The Morgan fingerprint density at radius 2 is 2.15 bits per heavy atom. The van der Waals surface area contributed by atoms with Crippen LogP contribution in [0.1, 0.15) is 31.4 Å². The van der Waals surface area contributed by atoms with Gasteiger partial charge in [0.2, 0.25) is 0 Å². The van der Waals surface area contributed by atoms with E-state index in [4.69, 9.17) is 9.47 Å². The number of nitrogens with one attached hydrogen (secondary N) is 1. The van der Waals surface area contributed by atoms with Crippen molar-refractivity contribution in [2.75, 3.05) is 18.5 Å². The summed E-state index contributed by atoms with van der Waals surface area (Å²) in [5.41, 5.74) is 4.81. The predicted octanol–water partition coefficient (Wildman–Crippen LogP) is 5.78. The third kappa shape index (κ3) is 5.63. The van der Waals surface area contributed by atoms with Gasteiger partial charge < -0.3 is 19.4 Å². The number of hydrogen-bond donors (Lipinski definition) is 1. The average molecular weight is 479 g/mol. The highest BCUT2D eigenvalue weighted by Crippen LogP contribution is 2.38. The van der Waals surface area contributed by atoms with Crippen LogP contribution in [0.15, 0.2) is 48.9 Å². The molecule has 3 heterocycles. The first-order valence-corrected chi connectivity index (χ1v) is 15.5. The minimum absolute atomic E-state index is 0.0155. The minimum Gasteiger partial charge on any atom is -0.373 e. The molecule has 1 fully saturated rings. The van der Waals surface area contributed by atoms with Crippen LogP contribution in [0, 0.1) is 0 Å². The lowest BCUT2D eigenvalue weighted by molar-refractivity contribution is -0.112. The second-order valence-electron chi connectivity index (χ2n) is 10.1. The molecular weight excluding hydrogens is 444 g/mol. The molecule has 0 saturated carbocycles.